The monoisotopic (exact) mass is 1290 g/mol. The average Bonchev–Trinajstić information content (AvgIpc) is 3.76. The Labute approximate surface area is 519 Å². The molecule has 0 aliphatic carbocycles. The van der Waals surface area contributed by atoms with E-state index in [0.717, 1.165) is 45.3 Å². The summed E-state index contributed by atoms with van der Waals surface area (Å²) in [6, 6.07) is 13.3. The van der Waals surface area contributed by atoms with Crippen LogP contribution in [-0.2, 0) is 16.0 Å². The zero-order valence-corrected chi connectivity index (χ0v) is 50.9. The molecule has 87 heavy (non-hydrogen) atoms. The second-order valence-corrected chi connectivity index (χ2v) is 26.3. The summed E-state index contributed by atoms with van der Waals surface area (Å²) in [5.41, 5.74) is 14.0. The normalized spacial score (nSPS) is 19.7. The van der Waals surface area contributed by atoms with Gasteiger partial charge in [-0.15, -0.1) is 68.0 Å². The minimum Gasteiger partial charge on any atom is -0.508 e. The van der Waals surface area contributed by atoms with Gasteiger partial charge in [0.05, 0.1) is 36.4 Å². The molecule has 2 aliphatic rings. The van der Waals surface area contributed by atoms with E-state index in [2.05, 4.69) is 36.2 Å². The van der Waals surface area contributed by atoms with Crippen LogP contribution in [0.25, 0.3) is 43.4 Å². The fourth-order valence-corrected chi connectivity index (χ4v) is 15.1. The summed E-state index contributed by atoms with van der Waals surface area (Å²) >= 11 is 6.76. The minimum absolute atomic E-state index is 0.0200. The van der Waals surface area contributed by atoms with Crippen LogP contribution < -0.4 is 32.7 Å². The van der Waals surface area contributed by atoms with Gasteiger partial charge in [0.25, 0.3) is 23.6 Å². The number of rotatable bonds is 12. The molecule has 448 valence electrons. The summed E-state index contributed by atoms with van der Waals surface area (Å²) in [4.78, 5) is 119. The second-order valence-electron chi connectivity index (χ2n) is 20.7. The van der Waals surface area contributed by atoms with Crippen molar-refractivity contribution in [3.63, 3.8) is 0 Å². The summed E-state index contributed by atoms with van der Waals surface area (Å²) in [5.74, 6) is -5.13. The van der Waals surface area contributed by atoms with Gasteiger partial charge in [-0.05, 0) is 48.7 Å². The van der Waals surface area contributed by atoms with E-state index in [4.69, 9.17) is 31.4 Å². The first-order valence-electron chi connectivity index (χ1n) is 27.0. The van der Waals surface area contributed by atoms with Crippen LogP contribution in [0.1, 0.15) is 117 Å². The number of nitrogens with zero attached hydrogens (tertiary/aromatic N) is 8. The average molecular weight is 1290 g/mol. The number of nitrogens with two attached hydrogens (primary N) is 2. The smallest absolute Gasteiger partial charge is 0.271 e. The van der Waals surface area contributed by atoms with Crippen molar-refractivity contribution < 1.29 is 49.2 Å². The third-order valence-corrected chi connectivity index (χ3v) is 20.1. The molecule has 2 aromatic carbocycles. The molecule has 11 rings (SSSR count). The van der Waals surface area contributed by atoms with Crippen LogP contribution in [0.15, 0.2) is 93.6 Å². The maximum absolute atomic E-state index is 15.1. The molecule has 2 aliphatic heterocycles. The molecule has 0 radical (unpaired) electrons. The van der Waals surface area contributed by atoms with Gasteiger partial charge < -0.3 is 53.2 Å². The highest BCUT2D eigenvalue weighted by Gasteiger charge is 2.37. The molecule has 10 bridgehead atoms. The molecule has 0 saturated carbocycles. The molecule has 1 fully saturated rings. The van der Waals surface area contributed by atoms with Crippen molar-refractivity contribution in [2.45, 2.75) is 75.6 Å². The van der Waals surface area contributed by atoms with Crippen LogP contribution in [0, 0.1) is 12.8 Å². The first kappa shape index (κ1) is 60.5. The molecular formula is C57H54N14O10S6. The molecule has 1 unspecified atom stereocenters. The van der Waals surface area contributed by atoms with E-state index in [1.807, 2.05) is 4.90 Å². The Balaban J connectivity index is 1.02. The number of hydrogen-bond donors (Lipinski definition) is 10. The van der Waals surface area contributed by atoms with Crippen molar-refractivity contribution in [1.82, 2.24) is 61.1 Å². The first-order valence-corrected chi connectivity index (χ1v) is 32.2. The maximum Gasteiger partial charge on any atom is 0.271 e. The number of aryl methyl sites for hydroxylation is 1. The second kappa shape index (κ2) is 26.0. The van der Waals surface area contributed by atoms with Gasteiger partial charge in [0, 0.05) is 69.3 Å². The lowest BCUT2D eigenvalue weighted by Gasteiger charge is -2.31. The molecule has 1 saturated heterocycles. The zero-order chi connectivity index (χ0) is 61.2. The number of primary amides is 2. The fourth-order valence-electron chi connectivity index (χ4n) is 9.87. The number of thiazole rings is 6. The largest absolute Gasteiger partial charge is 0.508 e. The van der Waals surface area contributed by atoms with Crippen LogP contribution >= 0.6 is 68.0 Å². The van der Waals surface area contributed by atoms with Gasteiger partial charge in [-0.3, -0.25) is 33.7 Å². The number of benzene rings is 2. The van der Waals surface area contributed by atoms with Crippen LogP contribution in [0.5, 0.6) is 5.75 Å². The van der Waals surface area contributed by atoms with Gasteiger partial charge in [0.1, 0.15) is 93.8 Å². The predicted molar refractivity (Wildman–Crippen MR) is 328 cm³/mol. The molecule has 0 spiro atoms. The molecule has 9 heterocycles. The Bertz CT molecular complexity index is 4030. The summed E-state index contributed by atoms with van der Waals surface area (Å²) in [5, 5.41) is 66.0. The number of likely N-dealkylation sites (tertiary alicyclic amines) is 1. The van der Waals surface area contributed by atoms with Gasteiger partial charge in [0.2, 0.25) is 11.8 Å². The summed E-state index contributed by atoms with van der Waals surface area (Å²) in [6.45, 7) is 4.48. The number of aliphatic hydroxyl groups is 3. The van der Waals surface area contributed by atoms with Crippen molar-refractivity contribution in [3.05, 3.63) is 147 Å². The number of carbonyl (C=O) groups excluding carboxylic acids is 6. The van der Waals surface area contributed by atoms with Crippen LogP contribution in [0.2, 0.25) is 0 Å². The Kier molecular flexibility index (Phi) is 18.1. The number of phenols is 1. The van der Waals surface area contributed by atoms with Gasteiger partial charge >= 0.3 is 0 Å². The van der Waals surface area contributed by atoms with Crippen LogP contribution in [0.3, 0.4) is 0 Å². The summed E-state index contributed by atoms with van der Waals surface area (Å²) < 4.78 is 0. The van der Waals surface area contributed by atoms with Crippen molar-refractivity contribution in [1.29, 1.82) is 0 Å². The minimum atomic E-state index is -1.42. The van der Waals surface area contributed by atoms with E-state index < -0.39 is 90.3 Å². The highest BCUT2D eigenvalue weighted by molar-refractivity contribution is 7.15. The Morgan fingerprint density at radius 2 is 1.30 bits per heavy atom. The van der Waals surface area contributed by atoms with Crippen molar-refractivity contribution in [2.24, 2.45) is 17.4 Å². The molecule has 8 atom stereocenters. The number of pyridine rings is 1. The maximum atomic E-state index is 15.1. The number of aliphatic hydroxyl groups excluding tert-OH is 3. The number of aromatic nitrogens is 7. The molecular weight excluding hydrogens is 1230 g/mol. The van der Waals surface area contributed by atoms with Crippen LogP contribution in [0.4, 0.5) is 0 Å². The summed E-state index contributed by atoms with van der Waals surface area (Å²) in [7, 11) is 0. The number of nitrogens with one attached hydrogen (secondary N) is 4. The number of phenolic OH excluding ortho intramolecular Hbond substituents is 1. The number of hydrogen-bond acceptors (Lipinski definition) is 24. The van der Waals surface area contributed by atoms with Crippen molar-refractivity contribution in [2.75, 3.05) is 19.6 Å². The predicted octanol–water partition coefficient (Wildman–Crippen LogP) is 5.73. The first-order chi connectivity index (χ1) is 41.8. The number of carbonyl (C=O) groups is 6. The number of β-amino-alcohol motifs (C(OH)–C–C–N with tert-alkyl or cyclic N) is 2. The van der Waals surface area contributed by atoms with Gasteiger partial charge in [-0.1, -0.05) is 49.4 Å². The Morgan fingerprint density at radius 3 is 2.01 bits per heavy atom. The van der Waals surface area contributed by atoms with E-state index in [1.54, 1.807) is 79.2 Å². The lowest BCUT2D eigenvalue weighted by molar-refractivity contribution is -0.124. The lowest BCUT2D eigenvalue weighted by Crippen LogP contribution is -2.51. The SMILES string of the molecule is Cc1sc2nc1C(=O)N[C@@H]([C@H](O)c1ccccc1)c1nc(cs1)C(=O)N[C@@H](Cc1ccc(O)cc1)C(=O)N[C@@H]([C@@H](C)[C@@H](O)CN1CCC(O)C1)c1nc(cs1)-c1nc(cs1)-c1nc(-c3nc(C(N)=O)cs3)ccc1-c1nc(cs1)C(=O)N[C@H]2CC(N)=O. The Morgan fingerprint density at radius 1 is 0.655 bits per heavy atom. The van der Waals surface area contributed by atoms with E-state index in [9.17, 15) is 44.4 Å². The number of amides is 6. The molecule has 6 amide bonds. The molecule has 12 N–H and O–H groups in total. The molecule has 9 aromatic rings. The van der Waals surface area contributed by atoms with Gasteiger partial charge in [-0.2, -0.15) is 0 Å². The number of fused-ring (bicyclic) bond motifs is 14. The lowest BCUT2D eigenvalue weighted by atomic mass is 9.94. The van der Waals surface area contributed by atoms with E-state index >= 15 is 4.79 Å². The van der Waals surface area contributed by atoms with E-state index in [-0.39, 0.29) is 51.5 Å². The quantitative estimate of drug-likeness (QED) is 0.0698. The fraction of sp³-hybridized carbons (Fsp3) is 0.281. The molecule has 24 nitrogen and oxygen atoms in total. The van der Waals surface area contributed by atoms with Gasteiger partial charge in [0.15, 0.2) is 0 Å². The topological polar surface area (TPSA) is 377 Å². The number of aromatic hydroxyl groups is 1. The highest BCUT2D eigenvalue weighted by Crippen LogP contribution is 2.40. The van der Waals surface area contributed by atoms with E-state index in [1.165, 1.54) is 50.9 Å². The Hall–Kier alpha value is -8.17. The standard InChI is InChI=1S/C57H54N14O10S6/c1-25(40(74)19-71-15-14-30(73)18-71)42-56-67-39(24-86-56)54-63-35(20-83-54)44-31(12-13-32(60-44)53-64-36(21-84-53)47(59)77)52-65-37(22-82-52)50(80)62-34(17-41(58)75)55-70-43(26(2)87-55)51(81)69-45(46(76)28-6-4-3-5-7-28)57-66-38(23-85-57)49(79)61-33(48(78)68-42)16-27-8-10-29(72)11-9-27/h3-13,20-25,30,33-34,40,42,45-46,72-74,76H,14-19H2,1-2H3,(H2,58,75)(H2,59,77)(H,61,79)(H,62,80)(H,68,78)(H,69,81)/t25-,30?,33-,34-,40-,42-,45-,46+/m0/s1. The summed E-state index contributed by atoms with van der Waals surface area (Å²) in [6.07, 6.45) is -2.98. The molecule has 7 aromatic heterocycles. The molecule has 30 heteroatoms. The zero-order valence-electron chi connectivity index (χ0n) is 46.0. The highest BCUT2D eigenvalue weighted by atomic mass is 32.1. The van der Waals surface area contributed by atoms with Crippen LogP contribution in [-0.4, -0.2) is 134 Å². The third-order valence-electron chi connectivity index (χ3n) is 14.5. The van der Waals surface area contributed by atoms with Gasteiger partial charge in [-0.25, -0.2) is 34.9 Å². The van der Waals surface area contributed by atoms with E-state index in [0.29, 0.717) is 83.9 Å². The van der Waals surface area contributed by atoms with Crippen molar-refractivity contribution >= 4 is 103 Å². The third kappa shape index (κ3) is 13.7. The van der Waals surface area contributed by atoms with Crippen molar-refractivity contribution in [3.8, 4) is 49.1 Å².